The summed E-state index contributed by atoms with van der Waals surface area (Å²) in [5, 5.41) is 0. The van der Waals surface area contributed by atoms with Gasteiger partial charge in [0.1, 0.15) is 11.5 Å². The Morgan fingerprint density at radius 2 is 1.90 bits per heavy atom. The predicted octanol–water partition coefficient (Wildman–Crippen LogP) is 3.91. The van der Waals surface area contributed by atoms with Crippen LogP contribution in [0, 0.1) is 5.82 Å². The van der Waals surface area contributed by atoms with Gasteiger partial charge in [0.2, 0.25) is 0 Å². The van der Waals surface area contributed by atoms with Crippen molar-refractivity contribution in [2.45, 2.75) is 26.3 Å². The number of hydrogen-bond donors (Lipinski definition) is 1. The van der Waals surface area contributed by atoms with Gasteiger partial charge >= 0.3 is 0 Å². The fourth-order valence-corrected chi connectivity index (χ4v) is 2.05. The number of benzene rings is 2. The molecule has 0 bridgehead atoms. The van der Waals surface area contributed by atoms with E-state index in [-0.39, 0.29) is 11.8 Å². The van der Waals surface area contributed by atoms with Gasteiger partial charge in [0, 0.05) is 12.1 Å². The predicted molar refractivity (Wildman–Crippen MR) is 81.4 cm³/mol. The Bertz CT molecular complexity index is 599. The van der Waals surface area contributed by atoms with Crippen LogP contribution >= 0.6 is 0 Å². The van der Waals surface area contributed by atoms with Gasteiger partial charge in [0.25, 0.3) is 0 Å². The zero-order chi connectivity index (χ0) is 15.2. The van der Waals surface area contributed by atoms with Gasteiger partial charge in [-0.3, -0.25) is 0 Å². The second-order valence-corrected chi connectivity index (χ2v) is 4.96. The van der Waals surface area contributed by atoms with E-state index in [4.69, 9.17) is 15.2 Å². The second kappa shape index (κ2) is 7.09. The van der Waals surface area contributed by atoms with Crippen molar-refractivity contribution in [2.24, 2.45) is 5.73 Å². The summed E-state index contributed by atoms with van der Waals surface area (Å²) in [6.07, 6.45) is 0.636. The maximum atomic E-state index is 14.0. The average molecular weight is 289 g/mol. The first-order chi connectivity index (χ1) is 10.1. The standard InChI is InChI=1S/C17H20FNO2/c1-3-20-14-5-4-6-15(11-14)21-17-8-7-13(9-12(2)19)10-16(17)18/h4-8,10-12H,3,9,19H2,1-2H3. The molecule has 0 amide bonds. The minimum Gasteiger partial charge on any atom is -0.494 e. The summed E-state index contributed by atoms with van der Waals surface area (Å²) >= 11 is 0. The highest BCUT2D eigenvalue weighted by Gasteiger charge is 2.08. The van der Waals surface area contributed by atoms with Gasteiger partial charge in [-0.25, -0.2) is 4.39 Å². The summed E-state index contributed by atoms with van der Waals surface area (Å²) in [6, 6.07) is 12.1. The van der Waals surface area contributed by atoms with Gasteiger partial charge in [0.05, 0.1) is 6.61 Å². The van der Waals surface area contributed by atoms with Crippen molar-refractivity contribution in [3.8, 4) is 17.2 Å². The van der Waals surface area contributed by atoms with E-state index >= 15 is 0 Å². The lowest BCUT2D eigenvalue weighted by atomic mass is 10.1. The molecule has 2 aromatic carbocycles. The largest absolute Gasteiger partial charge is 0.494 e. The molecule has 0 aliphatic rings. The molecule has 3 nitrogen and oxygen atoms in total. The number of rotatable bonds is 6. The van der Waals surface area contributed by atoms with Gasteiger partial charge in [-0.05, 0) is 50.1 Å². The lowest BCUT2D eigenvalue weighted by molar-refractivity contribution is 0.337. The SMILES string of the molecule is CCOc1cccc(Oc2ccc(CC(C)N)cc2F)c1. The smallest absolute Gasteiger partial charge is 0.165 e. The van der Waals surface area contributed by atoms with Crippen molar-refractivity contribution in [3.05, 3.63) is 53.8 Å². The summed E-state index contributed by atoms with van der Waals surface area (Å²) < 4.78 is 25.0. The molecule has 0 fully saturated rings. The Balaban J connectivity index is 2.14. The number of hydrogen-bond acceptors (Lipinski definition) is 3. The second-order valence-electron chi connectivity index (χ2n) is 4.96. The van der Waals surface area contributed by atoms with Crippen LogP contribution in [-0.4, -0.2) is 12.6 Å². The van der Waals surface area contributed by atoms with Gasteiger partial charge in [-0.1, -0.05) is 12.1 Å². The van der Waals surface area contributed by atoms with E-state index in [2.05, 4.69) is 0 Å². The van der Waals surface area contributed by atoms with Gasteiger partial charge in [-0.2, -0.15) is 0 Å². The minimum atomic E-state index is -0.394. The number of halogens is 1. The van der Waals surface area contributed by atoms with Crippen LogP contribution in [0.4, 0.5) is 4.39 Å². The monoisotopic (exact) mass is 289 g/mol. The van der Waals surface area contributed by atoms with Crippen molar-refractivity contribution in [1.29, 1.82) is 0 Å². The first kappa shape index (κ1) is 15.3. The highest BCUT2D eigenvalue weighted by atomic mass is 19.1. The molecule has 0 radical (unpaired) electrons. The molecule has 0 saturated carbocycles. The van der Waals surface area contributed by atoms with Gasteiger partial charge < -0.3 is 15.2 Å². The lowest BCUT2D eigenvalue weighted by Gasteiger charge is -2.11. The van der Waals surface area contributed by atoms with E-state index in [1.54, 1.807) is 18.2 Å². The summed E-state index contributed by atoms with van der Waals surface area (Å²) in [5.41, 5.74) is 6.57. The van der Waals surface area contributed by atoms with Gasteiger partial charge in [-0.15, -0.1) is 0 Å². The van der Waals surface area contributed by atoms with Crippen LogP contribution in [0.5, 0.6) is 17.2 Å². The van der Waals surface area contributed by atoms with Crippen LogP contribution in [0.2, 0.25) is 0 Å². The molecular formula is C17H20FNO2. The zero-order valence-corrected chi connectivity index (χ0v) is 12.3. The fourth-order valence-electron chi connectivity index (χ4n) is 2.05. The molecule has 0 heterocycles. The van der Waals surface area contributed by atoms with Crippen LogP contribution < -0.4 is 15.2 Å². The van der Waals surface area contributed by atoms with Crippen LogP contribution in [0.25, 0.3) is 0 Å². The average Bonchev–Trinajstić information content (AvgIpc) is 2.42. The van der Waals surface area contributed by atoms with Crippen LogP contribution in [-0.2, 0) is 6.42 Å². The zero-order valence-electron chi connectivity index (χ0n) is 12.3. The molecule has 112 valence electrons. The molecule has 4 heteroatoms. The van der Waals surface area contributed by atoms with Crippen molar-refractivity contribution in [1.82, 2.24) is 0 Å². The molecule has 0 aliphatic heterocycles. The van der Waals surface area contributed by atoms with E-state index in [1.807, 2.05) is 32.0 Å². The van der Waals surface area contributed by atoms with Crippen molar-refractivity contribution in [2.75, 3.05) is 6.61 Å². The molecule has 2 aromatic rings. The quantitative estimate of drug-likeness (QED) is 0.877. The maximum Gasteiger partial charge on any atom is 0.165 e. The molecule has 0 saturated heterocycles. The Labute approximate surface area is 124 Å². The maximum absolute atomic E-state index is 14.0. The third-order valence-corrected chi connectivity index (χ3v) is 2.90. The first-order valence-electron chi connectivity index (χ1n) is 7.03. The van der Waals surface area contributed by atoms with Crippen LogP contribution in [0.1, 0.15) is 19.4 Å². The summed E-state index contributed by atoms with van der Waals surface area (Å²) in [5.74, 6) is 1.04. The molecule has 21 heavy (non-hydrogen) atoms. The Morgan fingerprint density at radius 1 is 1.14 bits per heavy atom. The molecule has 0 spiro atoms. The topological polar surface area (TPSA) is 44.5 Å². The summed E-state index contributed by atoms with van der Waals surface area (Å²) in [6.45, 7) is 4.37. The van der Waals surface area contributed by atoms with E-state index in [0.29, 0.717) is 24.5 Å². The van der Waals surface area contributed by atoms with E-state index in [9.17, 15) is 4.39 Å². The Hall–Kier alpha value is -2.07. The first-order valence-corrected chi connectivity index (χ1v) is 7.03. The molecule has 2 N–H and O–H groups in total. The fraction of sp³-hybridized carbons (Fsp3) is 0.294. The normalized spacial score (nSPS) is 12.0. The molecule has 1 unspecified atom stereocenters. The van der Waals surface area contributed by atoms with Gasteiger partial charge in [0.15, 0.2) is 11.6 Å². The van der Waals surface area contributed by atoms with E-state index < -0.39 is 5.82 Å². The van der Waals surface area contributed by atoms with E-state index in [1.165, 1.54) is 6.07 Å². The van der Waals surface area contributed by atoms with E-state index in [0.717, 1.165) is 5.56 Å². The molecule has 0 aliphatic carbocycles. The highest BCUT2D eigenvalue weighted by molar-refractivity contribution is 5.38. The minimum absolute atomic E-state index is 0.000887. The number of nitrogens with two attached hydrogens (primary N) is 1. The molecular weight excluding hydrogens is 269 g/mol. The third kappa shape index (κ3) is 4.46. The lowest BCUT2D eigenvalue weighted by Crippen LogP contribution is -2.17. The highest BCUT2D eigenvalue weighted by Crippen LogP contribution is 2.28. The Kier molecular flexibility index (Phi) is 5.17. The Morgan fingerprint density at radius 3 is 2.57 bits per heavy atom. The molecule has 0 aromatic heterocycles. The van der Waals surface area contributed by atoms with Crippen LogP contribution in [0.3, 0.4) is 0 Å². The molecule has 2 rings (SSSR count). The molecule has 1 atom stereocenters. The third-order valence-electron chi connectivity index (χ3n) is 2.90. The van der Waals surface area contributed by atoms with Crippen molar-refractivity contribution in [3.63, 3.8) is 0 Å². The van der Waals surface area contributed by atoms with Crippen molar-refractivity contribution < 1.29 is 13.9 Å². The summed E-state index contributed by atoms with van der Waals surface area (Å²) in [4.78, 5) is 0. The van der Waals surface area contributed by atoms with Crippen molar-refractivity contribution >= 4 is 0 Å². The van der Waals surface area contributed by atoms with Crippen LogP contribution in [0.15, 0.2) is 42.5 Å². The summed E-state index contributed by atoms with van der Waals surface area (Å²) in [7, 11) is 0. The number of ether oxygens (including phenoxy) is 2.